The Hall–Kier alpha value is -3.40. The number of aromatic amines is 1. The number of nitrogens with one attached hydrogen (secondary N) is 2. The van der Waals surface area contributed by atoms with Crippen LogP contribution in [0.3, 0.4) is 0 Å². The zero-order chi connectivity index (χ0) is 19.5. The van der Waals surface area contributed by atoms with Crippen molar-refractivity contribution in [1.29, 1.82) is 0 Å². The van der Waals surface area contributed by atoms with Crippen molar-refractivity contribution in [3.63, 3.8) is 0 Å². The van der Waals surface area contributed by atoms with Crippen molar-refractivity contribution < 1.29 is 28.2 Å². The molecule has 2 heterocycles. The highest BCUT2D eigenvalue weighted by atomic mass is 32.2. The maximum Gasteiger partial charge on any atom is 0.442 e. The minimum Gasteiger partial charge on any atom is -0.497 e. The summed E-state index contributed by atoms with van der Waals surface area (Å²) >= 11 is 1.06. The fourth-order valence-corrected chi connectivity index (χ4v) is 3.36. The predicted octanol–water partition coefficient (Wildman–Crippen LogP) is 1.71. The van der Waals surface area contributed by atoms with Gasteiger partial charge < -0.3 is 19.5 Å². The average molecular weight is 402 g/mol. The van der Waals surface area contributed by atoms with Crippen LogP contribution in [-0.4, -0.2) is 30.8 Å². The Morgan fingerprint density at radius 1 is 1.21 bits per heavy atom. The van der Waals surface area contributed by atoms with E-state index in [1.807, 2.05) is 0 Å². The lowest BCUT2D eigenvalue weighted by Gasteiger charge is -2.04. The molecule has 0 fully saturated rings. The number of methoxy groups -OCH3 is 1. The highest BCUT2D eigenvalue weighted by molar-refractivity contribution is 7.99. The van der Waals surface area contributed by atoms with Gasteiger partial charge in [0, 0.05) is 23.9 Å². The summed E-state index contributed by atoms with van der Waals surface area (Å²) in [6.07, 6.45) is 0. The van der Waals surface area contributed by atoms with E-state index in [1.54, 1.807) is 49.6 Å². The number of hydrogen-bond acceptors (Lipinski definition) is 7. The lowest BCUT2D eigenvalue weighted by Crippen LogP contribution is -2.36. The first-order valence-corrected chi connectivity index (χ1v) is 9.23. The normalized spacial score (nSPS) is 12.0. The predicted molar refractivity (Wildman–Crippen MR) is 99.3 cm³/mol. The van der Waals surface area contributed by atoms with E-state index in [9.17, 15) is 9.59 Å². The lowest BCUT2D eigenvalue weighted by molar-refractivity contribution is -0.704. The van der Waals surface area contributed by atoms with Gasteiger partial charge in [0.15, 0.2) is 11.5 Å². The van der Waals surface area contributed by atoms with Crippen molar-refractivity contribution in [2.24, 2.45) is 0 Å². The van der Waals surface area contributed by atoms with E-state index in [-0.39, 0.29) is 23.5 Å². The average Bonchev–Trinajstić information content (AvgIpc) is 3.32. The number of hydrogen-bond donors (Lipinski definition) is 2. The molecule has 1 aliphatic rings. The molecule has 0 saturated carbocycles. The summed E-state index contributed by atoms with van der Waals surface area (Å²) in [5.41, 5.74) is 0.695. The Bertz CT molecular complexity index is 1060. The van der Waals surface area contributed by atoms with Gasteiger partial charge in [0.25, 0.3) is 0 Å². The number of thioether (sulfide) groups is 1. The molecule has 28 heavy (non-hydrogen) atoms. The monoisotopic (exact) mass is 402 g/mol. The van der Waals surface area contributed by atoms with Crippen LogP contribution in [0.5, 0.6) is 17.2 Å². The molecule has 1 amide bonds. The first-order chi connectivity index (χ1) is 13.6. The molecular formula is C18H16N3O6S+. The third-order valence-electron chi connectivity index (χ3n) is 3.93. The van der Waals surface area contributed by atoms with Gasteiger partial charge in [0.2, 0.25) is 18.4 Å². The van der Waals surface area contributed by atoms with E-state index >= 15 is 0 Å². The van der Waals surface area contributed by atoms with Gasteiger partial charge in [-0.25, -0.2) is 4.79 Å². The van der Waals surface area contributed by atoms with Crippen LogP contribution in [0.1, 0.15) is 0 Å². The van der Waals surface area contributed by atoms with E-state index in [4.69, 9.17) is 18.7 Å². The van der Waals surface area contributed by atoms with Gasteiger partial charge in [-0.05, 0) is 46.0 Å². The Labute approximate surface area is 163 Å². The number of nitrogens with zero attached hydrogens (tertiary/aromatic N) is 1. The molecule has 10 heteroatoms. The molecule has 0 aliphatic carbocycles. The number of fused-ring (bicyclic) bond motifs is 1. The molecule has 0 spiro atoms. The van der Waals surface area contributed by atoms with E-state index in [2.05, 4.69) is 10.6 Å². The molecule has 2 N–H and O–H groups in total. The van der Waals surface area contributed by atoms with Crippen LogP contribution in [0.25, 0.3) is 5.69 Å². The SMILES string of the molecule is COc1ccc(-[n+]2[nH]oc(=O)c2SCC(=O)Nc2ccc3c(c2)OCO3)cc1. The molecule has 4 rings (SSSR count). The van der Waals surface area contributed by atoms with E-state index in [1.165, 1.54) is 4.68 Å². The maximum absolute atomic E-state index is 12.3. The van der Waals surface area contributed by atoms with E-state index in [0.29, 0.717) is 28.6 Å². The van der Waals surface area contributed by atoms with Crippen LogP contribution >= 0.6 is 11.8 Å². The molecule has 0 bridgehead atoms. The van der Waals surface area contributed by atoms with Gasteiger partial charge in [-0.3, -0.25) is 9.32 Å². The molecule has 1 aromatic heterocycles. The third-order valence-corrected chi connectivity index (χ3v) is 4.96. The Kier molecular flexibility index (Phi) is 4.94. The number of ether oxygens (including phenoxy) is 3. The summed E-state index contributed by atoms with van der Waals surface area (Å²) in [6, 6.07) is 12.2. The second-order valence-corrected chi connectivity index (χ2v) is 6.69. The Morgan fingerprint density at radius 2 is 2.00 bits per heavy atom. The highest BCUT2D eigenvalue weighted by Crippen LogP contribution is 2.34. The van der Waals surface area contributed by atoms with Gasteiger partial charge in [0.1, 0.15) is 5.75 Å². The first kappa shape index (κ1) is 18.0. The van der Waals surface area contributed by atoms with Crippen LogP contribution in [0.2, 0.25) is 0 Å². The zero-order valence-corrected chi connectivity index (χ0v) is 15.6. The lowest BCUT2D eigenvalue weighted by atomic mass is 10.3. The molecule has 0 saturated heterocycles. The van der Waals surface area contributed by atoms with Crippen molar-refractivity contribution in [2.45, 2.75) is 5.03 Å². The van der Waals surface area contributed by atoms with Gasteiger partial charge in [-0.1, -0.05) is 0 Å². The minimum atomic E-state index is -0.559. The largest absolute Gasteiger partial charge is 0.497 e. The summed E-state index contributed by atoms with van der Waals surface area (Å²) < 4.78 is 22.0. The molecule has 2 aromatic carbocycles. The van der Waals surface area contributed by atoms with Crippen LogP contribution in [0, 0.1) is 0 Å². The minimum absolute atomic E-state index is 0.0210. The van der Waals surface area contributed by atoms with E-state index < -0.39 is 5.63 Å². The van der Waals surface area contributed by atoms with Gasteiger partial charge in [0.05, 0.1) is 12.9 Å². The highest BCUT2D eigenvalue weighted by Gasteiger charge is 2.25. The molecule has 144 valence electrons. The number of benzene rings is 2. The fraction of sp³-hybridized carbons (Fsp3) is 0.167. The fourth-order valence-electron chi connectivity index (χ4n) is 2.59. The van der Waals surface area contributed by atoms with Crippen LogP contribution < -0.4 is 29.8 Å². The maximum atomic E-state index is 12.3. The van der Waals surface area contributed by atoms with E-state index in [0.717, 1.165) is 11.8 Å². The van der Waals surface area contributed by atoms with Crippen molar-refractivity contribution in [1.82, 2.24) is 5.27 Å². The summed E-state index contributed by atoms with van der Waals surface area (Å²) in [6.45, 7) is 0.164. The number of rotatable bonds is 6. The summed E-state index contributed by atoms with van der Waals surface area (Å²) in [5, 5.41) is 5.55. The Morgan fingerprint density at radius 3 is 2.79 bits per heavy atom. The number of aromatic nitrogens is 2. The van der Waals surface area contributed by atoms with Crippen LogP contribution in [-0.2, 0) is 4.79 Å². The molecule has 3 aromatic rings. The standard InChI is InChI=1S/C18H15N3O6S/c1-24-13-5-3-12(4-6-13)21-17(18(23)27-20-21)28-9-16(22)19-11-2-7-14-15(8-11)26-10-25-14/h2-8H,9-10H2,1H3,(H-,19,20,22,23)/p+1. The number of carbonyl (C=O) groups excluding carboxylic acids is 1. The summed E-state index contributed by atoms with van der Waals surface area (Å²) in [7, 11) is 1.57. The molecular weight excluding hydrogens is 386 g/mol. The smallest absolute Gasteiger partial charge is 0.442 e. The second kappa shape index (κ2) is 7.69. The number of anilines is 1. The number of H-pyrrole nitrogens is 1. The van der Waals surface area contributed by atoms with Crippen molar-refractivity contribution in [2.75, 3.05) is 25.0 Å². The third kappa shape index (κ3) is 3.67. The van der Waals surface area contributed by atoms with Crippen molar-refractivity contribution in [3.8, 4) is 22.9 Å². The molecule has 9 nitrogen and oxygen atoms in total. The zero-order valence-electron chi connectivity index (χ0n) is 14.8. The first-order valence-electron chi connectivity index (χ1n) is 8.24. The van der Waals surface area contributed by atoms with Gasteiger partial charge in [-0.2, -0.15) is 0 Å². The number of amides is 1. The van der Waals surface area contributed by atoms with Crippen LogP contribution in [0.15, 0.2) is 56.8 Å². The molecule has 1 aliphatic heterocycles. The molecule has 0 unspecified atom stereocenters. The topological polar surface area (TPSA) is 107 Å². The summed E-state index contributed by atoms with van der Waals surface area (Å²) in [5.74, 6) is 1.65. The van der Waals surface area contributed by atoms with Gasteiger partial charge >= 0.3 is 10.7 Å². The second-order valence-electron chi connectivity index (χ2n) is 5.72. The molecule has 0 atom stereocenters. The van der Waals surface area contributed by atoms with Crippen LogP contribution in [0.4, 0.5) is 5.69 Å². The molecule has 0 radical (unpaired) electrons. The van der Waals surface area contributed by atoms with Crippen molar-refractivity contribution in [3.05, 3.63) is 52.9 Å². The van der Waals surface area contributed by atoms with Crippen molar-refractivity contribution >= 4 is 23.4 Å². The summed E-state index contributed by atoms with van der Waals surface area (Å²) in [4.78, 5) is 24.3. The quantitative estimate of drug-likeness (QED) is 0.477. The van der Waals surface area contributed by atoms with Gasteiger partial charge in [-0.15, -0.1) is 0 Å². The Balaban J connectivity index is 1.44. The number of carbonyl (C=O) groups is 1.